The Morgan fingerprint density at radius 3 is 2.88 bits per heavy atom. The Kier molecular flexibility index (Phi) is 6.67. The van der Waals surface area contributed by atoms with Crippen LogP contribution in [0.1, 0.15) is 48.8 Å². The van der Waals surface area contributed by atoms with E-state index in [0.29, 0.717) is 55.6 Å². The molecule has 1 aromatic heterocycles. The van der Waals surface area contributed by atoms with Gasteiger partial charge in [0.05, 0.1) is 25.1 Å². The highest BCUT2D eigenvalue weighted by Crippen LogP contribution is 2.36. The fourth-order valence-electron chi connectivity index (χ4n) is 3.96. The van der Waals surface area contributed by atoms with Crippen molar-refractivity contribution in [1.82, 2.24) is 4.98 Å². The summed E-state index contributed by atoms with van der Waals surface area (Å²) >= 11 is 0. The minimum absolute atomic E-state index is 0.0685. The topological polar surface area (TPSA) is 59.9 Å². The predicted molar refractivity (Wildman–Crippen MR) is 124 cm³/mol. The van der Waals surface area contributed by atoms with E-state index in [2.05, 4.69) is 35.0 Å². The molecule has 164 valence electrons. The average Bonchev–Trinajstić information content (AvgIpc) is 3.28. The van der Waals surface area contributed by atoms with Gasteiger partial charge in [0.15, 0.2) is 11.7 Å². The van der Waals surface area contributed by atoms with Gasteiger partial charge >= 0.3 is 0 Å². The first-order valence-corrected chi connectivity index (χ1v) is 11.0. The molecule has 2 heterocycles. The summed E-state index contributed by atoms with van der Waals surface area (Å²) in [7, 11) is 0. The Morgan fingerprint density at radius 1 is 1.22 bits per heavy atom. The number of aryl methyl sites for hydroxylation is 1. The van der Waals surface area contributed by atoms with Gasteiger partial charge in [0.25, 0.3) is 0 Å². The normalized spacial score (nSPS) is 13.9. The zero-order chi connectivity index (χ0) is 22.5. The number of rotatable bonds is 7. The maximum absolute atomic E-state index is 12.4. The Hall–Kier alpha value is -3.43. The number of carbonyl (C=O) groups is 1. The van der Waals surface area contributed by atoms with Crippen molar-refractivity contribution in [2.45, 2.75) is 46.1 Å². The molecule has 32 heavy (non-hydrogen) atoms. The summed E-state index contributed by atoms with van der Waals surface area (Å²) in [4.78, 5) is 22.2. The van der Waals surface area contributed by atoms with Gasteiger partial charge in [0, 0.05) is 31.6 Å². The third-order valence-corrected chi connectivity index (χ3v) is 5.78. The first kappa shape index (κ1) is 21.8. The number of ether oxygens (including phenoxy) is 1. The van der Waals surface area contributed by atoms with Gasteiger partial charge < -0.3 is 14.1 Å². The Balaban J connectivity index is 1.58. The van der Waals surface area contributed by atoms with Gasteiger partial charge in [0.1, 0.15) is 0 Å². The van der Waals surface area contributed by atoms with E-state index < -0.39 is 0 Å². The minimum Gasteiger partial charge on any atom is -0.440 e. The van der Waals surface area contributed by atoms with Crippen molar-refractivity contribution in [3.8, 4) is 11.3 Å². The summed E-state index contributed by atoms with van der Waals surface area (Å²) in [6, 6.07) is 11.8. The number of oxazole rings is 1. The van der Waals surface area contributed by atoms with Crippen molar-refractivity contribution < 1.29 is 13.9 Å². The quantitative estimate of drug-likeness (QED) is 0.442. The van der Waals surface area contributed by atoms with Crippen molar-refractivity contribution in [2.24, 2.45) is 0 Å². The van der Waals surface area contributed by atoms with Gasteiger partial charge in [-0.2, -0.15) is 0 Å². The van der Waals surface area contributed by atoms with Crippen LogP contribution < -0.4 is 4.90 Å². The van der Waals surface area contributed by atoms with E-state index in [-0.39, 0.29) is 5.91 Å². The molecule has 0 N–H and O–H groups in total. The molecule has 0 spiro atoms. The molecule has 6 nitrogen and oxygen atoms in total. The van der Waals surface area contributed by atoms with Gasteiger partial charge in [-0.25, -0.2) is 9.83 Å². The number of piperidine rings is 1. The van der Waals surface area contributed by atoms with E-state index >= 15 is 0 Å². The average molecular weight is 430 g/mol. The van der Waals surface area contributed by atoms with Crippen LogP contribution in [-0.2, 0) is 22.6 Å². The molecule has 1 saturated heterocycles. The predicted octanol–water partition coefficient (Wildman–Crippen LogP) is 5.85. The zero-order valence-electron chi connectivity index (χ0n) is 18.6. The number of anilines is 1. The molecule has 3 aromatic rings. The van der Waals surface area contributed by atoms with Crippen LogP contribution in [0.3, 0.4) is 0 Å². The highest BCUT2D eigenvalue weighted by Gasteiger charge is 2.23. The number of amides is 1. The van der Waals surface area contributed by atoms with E-state index in [9.17, 15) is 4.79 Å². The zero-order valence-corrected chi connectivity index (χ0v) is 18.6. The van der Waals surface area contributed by atoms with Crippen LogP contribution >= 0.6 is 0 Å². The van der Waals surface area contributed by atoms with Crippen molar-refractivity contribution in [1.29, 1.82) is 0 Å². The van der Waals surface area contributed by atoms with Gasteiger partial charge in [0.2, 0.25) is 11.6 Å². The molecule has 0 saturated carbocycles. The maximum atomic E-state index is 12.4. The van der Waals surface area contributed by atoms with E-state index in [4.69, 9.17) is 15.7 Å². The molecular formula is C26H27N3O3. The lowest BCUT2D eigenvalue weighted by Crippen LogP contribution is -2.35. The van der Waals surface area contributed by atoms with Crippen molar-refractivity contribution >= 4 is 17.3 Å². The van der Waals surface area contributed by atoms with Gasteiger partial charge in [-0.1, -0.05) is 30.3 Å². The van der Waals surface area contributed by atoms with Crippen molar-refractivity contribution in [2.75, 3.05) is 18.1 Å². The summed E-state index contributed by atoms with van der Waals surface area (Å²) in [6.45, 7) is 13.5. The largest absolute Gasteiger partial charge is 0.440 e. The third-order valence-electron chi connectivity index (χ3n) is 5.78. The Labute approximate surface area is 188 Å². The van der Waals surface area contributed by atoms with Crippen molar-refractivity contribution in [3.63, 3.8) is 0 Å². The summed E-state index contributed by atoms with van der Waals surface area (Å²) in [5.74, 6) is 1.32. The van der Waals surface area contributed by atoms with Crippen LogP contribution in [0.15, 0.2) is 47.0 Å². The van der Waals surface area contributed by atoms with Crippen LogP contribution in [0.5, 0.6) is 0 Å². The first-order valence-electron chi connectivity index (χ1n) is 11.0. The number of nitrogens with zero attached hydrogens (tertiary/aromatic N) is 3. The molecule has 4 rings (SSSR count). The van der Waals surface area contributed by atoms with E-state index in [1.54, 1.807) is 17.2 Å². The second-order valence-corrected chi connectivity index (χ2v) is 8.01. The second-order valence-electron chi connectivity index (χ2n) is 8.01. The number of hydrogen-bond donors (Lipinski definition) is 0. The molecule has 1 fully saturated rings. The van der Waals surface area contributed by atoms with Crippen LogP contribution in [-0.4, -0.2) is 24.0 Å². The first-order chi connectivity index (χ1) is 15.6. The monoisotopic (exact) mass is 429 g/mol. The summed E-state index contributed by atoms with van der Waals surface area (Å²) in [6.07, 6.45) is 4.67. The van der Waals surface area contributed by atoms with Gasteiger partial charge in [-0.3, -0.25) is 4.79 Å². The molecule has 0 aliphatic carbocycles. The van der Waals surface area contributed by atoms with Crippen LogP contribution in [0, 0.1) is 13.5 Å². The number of hydrogen-bond acceptors (Lipinski definition) is 4. The molecule has 2 aromatic carbocycles. The van der Waals surface area contributed by atoms with E-state index in [0.717, 1.165) is 29.5 Å². The smallest absolute Gasteiger partial charge is 0.225 e. The van der Waals surface area contributed by atoms with Gasteiger partial charge in [-0.05, 0) is 49.4 Å². The lowest BCUT2D eigenvalue weighted by molar-refractivity contribution is -0.119. The summed E-state index contributed by atoms with van der Waals surface area (Å²) in [5, 5.41) is 0. The molecule has 1 aliphatic heterocycles. The van der Waals surface area contributed by atoms with Crippen molar-refractivity contribution in [3.05, 3.63) is 76.6 Å². The van der Waals surface area contributed by atoms with E-state index in [1.807, 2.05) is 19.1 Å². The fraction of sp³-hybridized carbons (Fsp3) is 0.346. The molecule has 6 heteroatoms. The molecule has 0 bridgehead atoms. The highest BCUT2D eigenvalue weighted by molar-refractivity contribution is 5.98. The summed E-state index contributed by atoms with van der Waals surface area (Å²) < 4.78 is 11.6. The number of carbonyl (C=O) groups excluding carboxylic acids is 1. The lowest BCUT2D eigenvalue weighted by Gasteiger charge is -2.28. The lowest BCUT2D eigenvalue weighted by atomic mass is 10.0. The summed E-state index contributed by atoms with van der Waals surface area (Å²) in [5.41, 5.74) is 5.40. The number of benzene rings is 2. The third kappa shape index (κ3) is 4.74. The highest BCUT2D eigenvalue weighted by atomic mass is 16.5. The standard InChI is InChI=1S/C26H27N3O3/c1-4-31-17-19-9-8-18(2)21(13-19)15-25-28-16-24(32-25)20-10-11-22(27-3)23(14-20)29-12-6-5-7-26(29)30/h8-11,13-14,16H,4-7,12,15,17H2,1-2H3. The minimum atomic E-state index is 0.0685. The van der Waals surface area contributed by atoms with Crippen LogP contribution in [0.2, 0.25) is 0 Å². The van der Waals surface area contributed by atoms with Crippen LogP contribution in [0.25, 0.3) is 16.2 Å². The molecular weight excluding hydrogens is 402 g/mol. The van der Waals surface area contributed by atoms with E-state index in [1.165, 1.54) is 5.56 Å². The number of aromatic nitrogens is 1. The molecule has 0 unspecified atom stereocenters. The SMILES string of the molecule is [C-]#[N+]c1ccc(-c2cnc(Cc3cc(COCC)ccc3C)o2)cc1N1CCCCC1=O. The Morgan fingerprint density at radius 2 is 2.09 bits per heavy atom. The Bertz CT molecular complexity index is 1160. The molecule has 1 aliphatic rings. The van der Waals surface area contributed by atoms with Crippen LogP contribution in [0.4, 0.5) is 11.4 Å². The maximum Gasteiger partial charge on any atom is 0.225 e. The van der Waals surface area contributed by atoms with Gasteiger partial charge in [-0.15, -0.1) is 0 Å². The molecule has 0 radical (unpaired) electrons. The molecule has 0 atom stereocenters. The second kappa shape index (κ2) is 9.80. The fourth-order valence-corrected chi connectivity index (χ4v) is 3.96. The molecule has 1 amide bonds.